The fraction of sp³-hybridized carbons (Fsp3) is 0.200. The molecule has 2 heteroatoms. The molecule has 0 N–H and O–H groups in total. The normalized spacial score (nSPS) is 23.7. The predicted molar refractivity (Wildman–Crippen MR) is 46.6 cm³/mol. The Hall–Kier alpha value is -1.44. The quantitative estimate of drug-likeness (QED) is 0.573. The van der Waals surface area contributed by atoms with E-state index >= 15 is 0 Å². The van der Waals surface area contributed by atoms with Gasteiger partial charge in [-0.15, -0.1) is 0 Å². The summed E-state index contributed by atoms with van der Waals surface area (Å²) in [7, 11) is 0. The summed E-state index contributed by atoms with van der Waals surface area (Å²) in [5.41, 5.74) is 2.67. The first-order valence-corrected chi connectivity index (χ1v) is 4.13. The molecule has 0 saturated carbocycles. The van der Waals surface area contributed by atoms with Crippen LogP contribution in [0.4, 0.5) is 5.69 Å². The molecule has 3 rings (SSSR count). The maximum atomic E-state index is 5.40. The zero-order valence-corrected chi connectivity index (χ0v) is 6.60. The highest BCUT2D eigenvalue weighted by Gasteiger charge is 2.30. The van der Waals surface area contributed by atoms with Gasteiger partial charge in [-0.1, -0.05) is 18.2 Å². The largest absolute Gasteiger partial charge is 0.476 e. The van der Waals surface area contributed by atoms with E-state index in [1.54, 1.807) is 6.26 Å². The van der Waals surface area contributed by atoms with Crippen molar-refractivity contribution >= 4 is 5.69 Å². The van der Waals surface area contributed by atoms with Crippen molar-refractivity contribution in [3.05, 3.63) is 42.3 Å². The number of ether oxygens (including phenoxy) is 1. The summed E-state index contributed by atoms with van der Waals surface area (Å²) in [6, 6.07) is 8.43. The minimum Gasteiger partial charge on any atom is -0.476 e. The third-order valence-corrected chi connectivity index (χ3v) is 2.43. The van der Waals surface area contributed by atoms with Crippen LogP contribution in [-0.2, 0) is 11.2 Å². The number of benzene rings is 1. The topological polar surface area (TPSA) is 12.5 Å². The van der Waals surface area contributed by atoms with Gasteiger partial charge in [-0.3, -0.25) is 0 Å². The average Bonchev–Trinajstić information content (AvgIpc) is 2.62. The maximum Gasteiger partial charge on any atom is 0.179 e. The second-order valence-corrected chi connectivity index (χ2v) is 3.12. The minimum atomic E-state index is 0.224. The van der Waals surface area contributed by atoms with E-state index in [9.17, 15) is 0 Å². The Balaban J connectivity index is 2.14. The fourth-order valence-corrected chi connectivity index (χ4v) is 1.86. The Morgan fingerprint density at radius 2 is 2.25 bits per heavy atom. The molecule has 0 bridgehead atoms. The lowest BCUT2D eigenvalue weighted by Gasteiger charge is -2.14. The summed E-state index contributed by atoms with van der Waals surface area (Å²) >= 11 is 0. The van der Waals surface area contributed by atoms with E-state index in [1.165, 1.54) is 11.3 Å². The van der Waals surface area contributed by atoms with Crippen LogP contribution < -0.4 is 4.90 Å². The molecule has 0 aromatic heterocycles. The molecule has 0 saturated heterocycles. The Morgan fingerprint density at radius 1 is 1.33 bits per heavy atom. The number of nitrogens with zero attached hydrogens (tertiary/aromatic N) is 1. The van der Waals surface area contributed by atoms with Crippen molar-refractivity contribution < 1.29 is 4.74 Å². The highest BCUT2D eigenvalue weighted by molar-refractivity contribution is 5.61. The van der Waals surface area contributed by atoms with Gasteiger partial charge in [-0.05, 0) is 11.6 Å². The van der Waals surface area contributed by atoms with Crippen LogP contribution in [0.15, 0.2) is 36.7 Å². The van der Waals surface area contributed by atoms with Crippen LogP contribution in [0.2, 0.25) is 0 Å². The van der Waals surface area contributed by atoms with E-state index in [2.05, 4.69) is 29.2 Å². The molecule has 2 heterocycles. The van der Waals surface area contributed by atoms with Gasteiger partial charge >= 0.3 is 0 Å². The summed E-state index contributed by atoms with van der Waals surface area (Å²) in [6.45, 7) is 0. The molecular formula is C10H9NO. The molecule has 1 aromatic rings. The smallest absolute Gasteiger partial charge is 0.179 e. The molecule has 0 aliphatic carbocycles. The van der Waals surface area contributed by atoms with Crippen molar-refractivity contribution in [2.24, 2.45) is 0 Å². The molecule has 1 unspecified atom stereocenters. The summed E-state index contributed by atoms with van der Waals surface area (Å²) in [6.07, 6.45) is 4.99. The molecule has 1 atom stereocenters. The Bertz CT molecular complexity index is 345. The van der Waals surface area contributed by atoms with Gasteiger partial charge in [0.05, 0.1) is 0 Å². The maximum absolute atomic E-state index is 5.40. The lowest BCUT2D eigenvalue weighted by molar-refractivity contribution is 0.179. The number of hydrogen-bond acceptors (Lipinski definition) is 2. The lowest BCUT2D eigenvalue weighted by atomic mass is 10.2. The lowest BCUT2D eigenvalue weighted by Crippen LogP contribution is -2.22. The second-order valence-electron chi connectivity index (χ2n) is 3.12. The van der Waals surface area contributed by atoms with Crippen molar-refractivity contribution in [1.29, 1.82) is 0 Å². The van der Waals surface area contributed by atoms with Crippen LogP contribution in [0.3, 0.4) is 0 Å². The monoisotopic (exact) mass is 159 g/mol. The van der Waals surface area contributed by atoms with E-state index in [-0.39, 0.29) is 6.23 Å². The Kier molecular flexibility index (Phi) is 1.04. The standard InChI is InChI=1S/C10H9NO/c1-2-4-9-8(3-1)7-10-11(9)5-6-12-10/h1-6,10H,7H2. The molecule has 0 radical (unpaired) electrons. The SMILES string of the molecule is C1=CN2c3ccccc3CC2O1. The van der Waals surface area contributed by atoms with Gasteiger partial charge in [0.1, 0.15) is 6.26 Å². The molecule has 60 valence electrons. The zero-order chi connectivity index (χ0) is 7.97. The number of para-hydroxylation sites is 1. The molecule has 2 aliphatic heterocycles. The molecule has 0 spiro atoms. The molecular weight excluding hydrogens is 150 g/mol. The highest BCUT2D eigenvalue weighted by atomic mass is 16.5. The summed E-state index contributed by atoms with van der Waals surface area (Å²) < 4.78 is 5.40. The van der Waals surface area contributed by atoms with E-state index in [1.807, 2.05) is 6.20 Å². The van der Waals surface area contributed by atoms with Gasteiger partial charge < -0.3 is 9.64 Å². The summed E-state index contributed by atoms with van der Waals surface area (Å²) in [5.74, 6) is 0. The van der Waals surface area contributed by atoms with Crippen LogP contribution in [0, 0.1) is 0 Å². The van der Waals surface area contributed by atoms with E-state index < -0.39 is 0 Å². The second kappa shape index (κ2) is 2.03. The van der Waals surface area contributed by atoms with Crippen LogP contribution in [0.25, 0.3) is 0 Å². The van der Waals surface area contributed by atoms with Gasteiger partial charge in [0.25, 0.3) is 0 Å². The van der Waals surface area contributed by atoms with Gasteiger partial charge in [-0.25, -0.2) is 0 Å². The Morgan fingerprint density at radius 3 is 3.25 bits per heavy atom. The number of hydrogen-bond donors (Lipinski definition) is 0. The zero-order valence-electron chi connectivity index (χ0n) is 6.60. The Labute approximate surface area is 71.1 Å². The summed E-state index contributed by atoms with van der Waals surface area (Å²) in [5, 5.41) is 0. The highest BCUT2D eigenvalue weighted by Crippen LogP contribution is 2.34. The van der Waals surface area contributed by atoms with Gasteiger partial charge in [0.2, 0.25) is 0 Å². The van der Waals surface area contributed by atoms with Gasteiger partial charge in [0.15, 0.2) is 6.23 Å². The van der Waals surface area contributed by atoms with Crippen molar-refractivity contribution in [2.45, 2.75) is 12.6 Å². The van der Waals surface area contributed by atoms with Crippen LogP contribution in [0.5, 0.6) is 0 Å². The molecule has 12 heavy (non-hydrogen) atoms. The molecule has 0 fully saturated rings. The third-order valence-electron chi connectivity index (χ3n) is 2.43. The van der Waals surface area contributed by atoms with Crippen molar-refractivity contribution in [3.63, 3.8) is 0 Å². The molecule has 0 amide bonds. The summed E-state index contributed by atoms with van der Waals surface area (Å²) in [4.78, 5) is 2.18. The minimum absolute atomic E-state index is 0.224. The number of fused-ring (bicyclic) bond motifs is 3. The van der Waals surface area contributed by atoms with Crippen molar-refractivity contribution in [3.8, 4) is 0 Å². The third kappa shape index (κ3) is 0.644. The fourth-order valence-electron chi connectivity index (χ4n) is 1.86. The predicted octanol–water partition coefficient (Wildman–Crippen LogP) is 1.88. The van der Waals surface area contributed by atoms with E-state index in [0.717, 1.165) is 6.42 Å². The molecule has 1 aromatic carbocycles. The van der Waals surface area contributed by atoms with Crippen molar-refractivity contribution in [1.82, 2.24) is 0 Å². The van der Waals surface area contributed by atoms with Gasteiger partial charge in [-0.2, -0.15) is 0 Å². The van der Waals surface area contributed by atoms with Crippen LogP contribution >= 0.6 is 0 Å². The number of anilines is 1. The average molecular weight is 159 g/mol. The number of rotatable bonds is 0. The van der Waals surface area contributed by atoms with E-state index in [0.29, 0.717) is 0 Å². The molecule has 2 nitrogen and oxygen atoms in total. The first-order chi connectivity index (χ1) is 5.95. The van der Waals surface area contributed by atoms with Crippen molar-refractivity contribution in [2.75, 3.05) is 4.90 Å². The van der Waals surface area contributed by atoms with Crippen LogP contribution in [-0.4, -0.2) is 6.23 Å². The van der Waals surface area contributed by atoms with Gasteiger partial charge in [0, 0.05) is 18.3 Å². The first kappa shape index (κ1) is 6.12. The first-order valence-electron chi connectivity index (χ1n) is 4.13. The van der Waals surface area contributed by atoms with Crippen LogP contribution in [0.1, 0.15) is 5.56 Å². The molecule has 2 aliphatic rings. The van der Waals surface area contributed by atoms with E-state index in [4.69, 9.17) is 4.74 Å².